The van der Waals surface area contributed by atoms with E-state index in [4.69, 9.17) is 5.73 Å². The smallest absolute Gasteiger partial charge is 0.146 e. The minimum Gasteiger partial charge on any atom is -0.321 e. The number of rotatable bonds is 3. The standard InChI is InChI=1S/C6H13NOS/c1-4(3-9)6(7)5(2)8/h4,6,9H,3,7H2,1-2H3. The van der Waals surface area contributed by atoms with Crippen LogP contribution in [0.3, 0.4) is 0 Å². The Bertz CT molecular complexity index is 105. The quantitative estimate of drug-likeness (QED) is 0.570. The fourth-order valence-electron chi connectivity index (χ4n) is 0.514. The van der Waals surface area contributed by atoms with Gasteiger partial charge in [-0.25, -0.2) is 0 Å². The van der Waals surface area contributed by atoms with Crippen LogP contribution in [0.2, 0.25) is 0 Å². The molecular formula is C6H13NOS. The Labute approximate surface area is 61.2 Å². The van der Waals surface area contributed by atoms with Gasteiger partial charge >= 0.3 is 0 Å². The van der Waals surface area contributed by atoms with Crippen molar-refractivity contribution in [3.05, 3.63) is 0 Å². The molecule has 0 heterocycles. The molecule has 0 aromatic carbocycles. The van der Waals surface area contributed by atoms with Gasteiger partial charge in [-0.1, -0.05) is 6.92 Å². The maximum absolute atomic E-state index is 10.6. The van der Waals surface area contributed by atoms with Gasteiger partial charge in [0.15, 0.2) is 0 Å². The second-order valence-electron chi connectivity index (χ2n) is 2.30. The van der Waals surface area contributed by atoms with Crippen LogP contribution in [-0.4, -0.2) is 17.6 Å². The van der Waals surface area contributed by atoms with Gasteiger partial charge in [0.25, 0.3) is 0 Å². The molecule has 0 radical (unpaired) electrons. The second kappa shape index (κ2) is 3.90. The minimum atomic E-state index is -0.331. The number of carbonyl (C=O) groups is 1. The van der Waals surface area contributed by atoms with Crippen LogP contribution < -0.4 is 5.73 Å². The summed E-state index contributed by atoms with van der Waals surface area (Å²) in [7, 11) is 0. The lowest BCUT2D eigenvalue weighted by molar-refractivity contribution is -0.119. The topological polar surface area (TPSA) is 43.1 Å². The molecule has 0 bridgehead atoms. The van der Waals surface area contributed by atoms with Gasteiger partial charge in [0, 0.05) is 0 Å². The van der Waals surface area contributed by atoms with Crippen molar-refractivity contribution in [2.75, 3.05) is 5.75 Å². The Morgan fingerprint density at radius 1 is 1.78 bits per heavy atom. The molecule has 0 aromatic rings. The zero-order valence-electron chi connectivity index (χ0n) is 5.79. The molecule has 0 aliphatic rings. The van der Waals surface area contributed by atoms with Crippen molar-refractivity contribution in [3.63, 3.8) is 0 Å². The fraction of sp³-hybridized carbons (Fsp3) is 0.833. The number of thiol groups is 1. The molecule has 0 spiro atoms. The molecule has 2 atom stereocenters. The summed E-state index contributed by atoms with van der Waals surface area (Å²) in [6.07, 6.45) is 0. The molecule has 9 heavy (non-hydrogen) atoms. The van der Waals surface area contributed by atoms with Crippen LogP contribution in [0.1, 0.15) is 13.8 Å². The third-order valence-corrected chi connectivity index (χ3v) is 1.95. The Balaban J connectivity index is 3.72. The molecule has 0 saturated heterocycles. The van der Waals surface area contributed by atoms with Gasteiger partial charge in [0.05, 0.1) is 6.04 Å². The summed E-state index contributed by atoms with van der Waals surface area (Å²) in [5.74, 6) is 0.892. The van der Waals surface area contributed by atoms with Crippen LogP contribution in [0.4, 0.5) is 0 Å². The maximum Gasteiger partial charge on any atom is 0.146 e. The van der Waals surface area contributed by atoms with E-state index >= 15 is 0 Å². The van der Waals surface area contributed by atoms with Gasteiger partial charge in [-0.05, 0) is 18.6 Å². The molecule has 2 N–H and O–H groups in total. The first kappa shape index (κ1) is 8.98. The van der Waals surface area contributed by atoms with E-state index < -0.39 is 0 Å². The normalized spacial score (nSPS) is 16.9. The molecule has 0 amide bonds. The lowest BCUT2D eigenvalue weighted by Crippen LogP contribution is -2.35. The van der Waals surface area contributed by atoms with Crippen molar-refractivity contribution in [1.82, 2.24) is 0 Å². The molecule has 2 unspecified atom stereocenters. The lowest BCUT2D eigenvalue weighted by atomic mass is 10.0. The number of hydrogen-bond acceptors (Lipinski definition) is 3. The van der Waals surface area contributed by atoms with Gasteiger partial charge in [-0.15, -0.1) is 0 Å². The first-order chi connectivity index (χ1) is 4.09. The molecule has 0 saturated carbocycles. The van der Waals surface area contributed by atoms with Crippen molar-refractivity contribution in [3.8, 4) is 0 Å². The molecule has 2 nitrogen and oxygen atoms in total. The van der Waals surface area contributed by atoms with Gasteiger partial charge in [-0.3, -0.25) is 4.79 Å². The zero-order chi connectivity index (χ0) is 7.44. The minimum absolute atomic E-state index is 0.0385. The van der Waals surface area contributed by atoms with E-state index in [0.717, 1.165) is 0 Å². The maximum atomic E-state index is 10.6. The number of nitrogens with two attached hydrogens (primary N) is 1. The molecule has 0 fully saturated rings. The van der Waals surface area contributed by atoms with Crippen molar-refractivity contribution in [2.24, 2.45) is 11.7 Å². The Morgan fingerprint density at radius 3 is 2.33 bits per heavy atom. The average molecular weight is 147 g/mol. The first-order valence-corrected chi connectivity index (χ1v) is 3.59. The summed E-state index contributed by atoms with van der Waals surface area (Å²) < 4.78 is 0. The first-order valence-electron chi connectivity index (χ1n) is 2.96. The Morgan fingerprint density at radius 2 is 2.22 bits per heavy atom. The highest BCUT2D eigenvalue weighted by Gasteiger charge is 2.14. The van der Waals surface area contributed by atoms with Crippen molar-refractivity contribution in [1.29, 1.82) is 0 Å². The summed E-state index contributed by atoms with van der Waals surface area (Å²) in [5, 5.41) is 0. The van der Waals surface area contributed by atoms with E-state index in [-0.39, 0.29) is 17.7 Å². The van der Waals surface area contributed by atoms with Crippen LogP contribution in [-0.2, 0) is 4.79 Å². The summed E-state index contributed by atoms with van der Waals surface area (Å²) in [6, 6.07) is -0.331. The van der Waals surface area contributed by atoms with Crippen LogP contribution in [0.25, 0.3) is 0 Å². The second-order valence-corrected chi connectivity index (χ2v) is 2.66. The predicted octanol–water partition coefficient (Wildman–Crippen LogP) is 0.469. The van der Waals surface area contributed by atoms with Gasteiger partial charge in [-0.2, -0.15) is 12.6 Å². The van der Waals surface area contributed by atoms with Gasteiger partial charge < -0.3 is 5.73 Å². The number of carbonyl (C=O) groups excluding carboxylic acids is 1. The van der Waals surface area contributed by atoms with Crippen LogP contribution >= 0.6 is 12.6 Å². The summed E-state index contributed by atoms with van der Waals surface area (Å²) in [6.45, 7) is 3.42. The van der Waals surface area contributed by atoms with Crippen LogP contribution in [0, 0.1) is 5.92 Å². The van der Waals surface area contributed by atoms with Crippen molar-refractivity contribution in [2.45, 2.75) is 19.9 Å². The van der Waals surface area contributed by atoms with Crippen molar-refractivity contribution >= 4 is 18.4 Å². The highest BCUT2D eigenvalue weighted by Crippen LogP contribution is 2.02. The van der Waals surface area contributed by atoms with Crippen LogP contribution in [0.5, 0.6) is 0 Å². The van der Waals surface area contributed by atoms with E-state index in [2.05, 4.69) is 12.6 Å². The predicted molar refractivity (Wildman–Crippen MR) is 41.7 cm³/mol. The molecule has 54 valence electrons. The third-order valence-electron chi connectivity index (χ3n) is 1.37. The summed E-state index contributed by atoms with van der Waals surface area (Å²) in [5.41, 5.74) is 5.47. The summed E-state index contributed by atoms with van der Waals surface area (Å²) in [4.78, 5) is 10.6. The van der Waals surface area contributed by atoms with E-state index in [1.54, 1.807) is 0 Å². The van der Waals surface area contributed by atoms with Gasteiger partial charge in [0.1, 0.15) is 5.78 Å². The van der Waals surface area contributed by atoms with Crippen molar-refractivity contribution < 1.29 is 4.79 Å². The highest BCUT2D eigenvalue weighted by atomic mass is 32.1. The summed E-state index contributed by atoms with van der Waals surface area (Å²) >= 11 is 4.02. The molecule has 0 aromatic heterocycles. The van der Waals surface area contributed by atoms with E-state index in [9.17, 15) is 4.79 Å². The number of Topliss-reactive ketones (excluding diaryl/α,β-unsaturated/α-hetero) is 1. The average Bonchev–Trinajstić information content (AvgIpc) is 1.84. The van der Waals surface area contributed by atoms with E-state index in [1.807, 2.05) is 6.92 Å². The number of ketones is 1. The van der Waals surface area contributed by atoms with E-state index in [0.29, 0.717) is 5.75 Å². The largest absolute Gasteiger partial charge is 0.321 e. The molecular weight excluding hydrogens is 134 g/mol. The fourth-order valence-corrected chi connectivity index (χ4v) is 0.741. The molecule has 0 aliphatic carbocycles. The Kier molecular flexibility index (Phi) is 3.89. The molecule has 0 rings (SSSR count). The van der Waals surface area contributed by atoms with Crippen LogP contribution in [0.15, 0.2) is 0 Å². The highest BCUT2D eigenvalue weighted by molar-refractivity contribution is 7.80. The molecule has 0 aliphatic heterocycles. The third kappa shape index (κ3) is 2.87. The Hall–Kier alpha value is -0.0200. The monoisotopic (exact) mass is 147 g/mol. The SMILES string of the molecule is CC(=O)C(N)C(C)CS. The molecule has 3 heteroatoms. The number of hydrogen-bond donors (Lipinski definition) is 2. The lowest BCUT2D eigenvalue weighted by Gasteiger charge is -2.13. The van der Waals surface area contributed by atoms with Gasteiger partial charge in [0.2, 0.25) is 0 Å². The zero-order valence-corrected chi connectivity index (χ0v) is 6.69. The van der Waals surface area contributed by atoms with E-state index in [1.165, 1.54) is 6.92 Å².